The van der Waals surface area contributed by atoms with Gasteiger partial charge in [0.25, 0.3) is 0 Å². The minimum Gasteiger partial charge on any atom is -0.481 e. The normalized spacial score (nSPS) is 24.6. The molecule has 0 radical (unpaired) electrons. The molecule has 3 unspecified atom stereocenters. The molecular weight excluding hydrogens is 232 g/mol. The summed E-state index contributed by atoms with van der Waals surface area (Å²) in [7, 11) is 0. The number of nitrogens with one attached hydrogen (secondary N) is 2. The number of carboxylic acid groups (broad SMARTS) is 1. The predicted octanol–water partition coefficient (Wildman–Crippen LogP) is 1.83. The Balaban J connectivity index is 2.08. The molecule has 0 aliphatic heterocycles. The monoisotopic (exact) mass is 256 g/mol. The quantitative estimate of drug-likeness (QED) is 0.678. The first-order chi connectivity index (χ1) is 8.47. The van der Waals surface area contributed by atoms with Crippen molar-refractivity contribution >= 4 is 12.0 Å². The molecule has 0 spiro atoms. The Morgan fingerprint density at radius 1 is 1.33 bits per heavy atom. The smallest absolute Gasteiger partial charge is 0.314 e. The molecule has 104 valence electrons. The molecule has 0 heterocycles. The van der Waals surface area contributed by atoms with Crippen molar-refractivity contribution in [2.75, 3.05) is 13.1 Å². The minimum atomic E-state index is -0.829. The standard InChI is InChI=1S/C13H24N2O3/c1-9-3-4-11(5-9)8-15-13(18)14-7-10(2)6-12(16)17/h9-11H,3-8H2,1-2H3,(H,16,17)(H2,14,15,18). The molecule has 1 rings (SSSR count). The molecule has 0 aromatic heterocycles. The van der Waals surface area contributed by atoms with E-state index in [1.165, 1.54) is 19.3 Å². The second kappa shape index (κ2) is 7.24. The Morgan fingerprint density at radius 3 is 2.61 bits per heavy atom. The van der Waals surface area contributed by atoms with E-state index in [1.807, 2.05) is 6.92 Å². The Morgan fingerprint density at radius 2 is 2.06 bits per heavy atom. The van der Waals surface area contributed by atoms with Crippen molar-refractivity contribution in [2.45, 2.75) is 39.5 Å². The second-order valence-corrected chi connectivity index (χ2v) is 5.58. The number of rotatable bonds is 6. The zero-order chi connectivity index (χ0) is 13.5. The molecule has 1 aliphatic carbocycles. The van der Waals surface area contributed by atoms with Crippen LogP contribution < -0.4 is 10.6 Å². The summed E-state index contributed by atoms with van der Waals surface area (Å²) in [6.45, 7) is 5.18. The fourth-order valence-electron chi connectivity index (χ4n) is 2.45. The largest absolute Gasteiger partial charge is 0.481 e. The lowest BCUT2D eigenvalue weighted by molar-refractivity contribution is -0.137. The fraction of sp³-hybridized carbons (Fsp3) is 0.846. The molecule has 1 saturated carbocycles. The highest BCUT2D eigenvalue weighted by molar-refractivity contribution is 5.74. The summed E-state index contributed by atoms with van der Waals surface area (Å²) in [5, 5.41) is 14.2. The zero-order valence-corrected chi connectivity index (χ0v) is 11.2. The van der Waals surface area contributed by atoms with E-state index < -0.39 is 5.97 Å². The van der Waals surface area contributed by atoms with Crippen LogP contribution in [0.3, 0.4) is 0 Å². The number of carbonyl (C=O) groups excluding carboxylic acids is 1. The third kappa shape index (κ3) is 5.89. The summed E-state index contributed by atoms with van der Waals surface area (Å²) in [5.74, 6) is 0.502. The summed E-state index contributed by atoms with van der Waals surface area (Å²) < 4.78 is 0. The van der Waals surface area contributed by atoms with Gasteiger partial charge in [-0.15, -0.1) is 0 Å². The third-order valence-electron chi connectivity index (χ3n) is 3.49. The Bertz CT molecular complexity index is 294. The maximum absolute atomic E-state index is 11.5. The van der Waals surface area contributed by atoms with Gasteiger partial charge < -0.3 is 15.7 Å². The van der Waals surface area contributed by atoms with Crippen LogP contribution in [-0.2, 0) is 4.79 Å². The molecule has 18 heavy (non-hydrogen) atoms. The number of amides is 2. The highest BCUT2D eigenvalue weighted by Gasteiger charge is 2.21. The number of carboxylic acids is 1. The lowest BCUT2D eigenvalue weighted by atomic mass is 10.1. The van der Waals surface area contributed by atoms with Crippen LogP contribution in [0.15, 0.2) is 0 Å². The molecule has 2 amide bonds. The number of hydrogen-bond acceptors (Lipinski definition) is 2. The Labute approximate surface area is 108 Å². The van der Waals surface area contributed by atoms with Gasteiger partial charge in [-0.25, -0.2) is 4.79 Å². The van der Waals surface area contributed by atoms with Gasteiger partial charge in [0.05, 0.1) is 0 Å². The summed E-state index contributed by atoms with van der Waals surface area (Å²) in [5.41, 5.74) is 0. The van der Waals surface area contributed by atoms with Crippen LogP contribution >= 0.6 is 0 Å². The van der Waals surface area contributed by atoms with Crippen molar-refractivity contribution in [3.63, 3.8) is 0 Å². The Hall–Kier alpha value is -1.26. The zero-order valence-electron chi connectivity index (χ0n) is 11.2. The van der Waals surface area contributed by atoms with Gasteiger partial charge in [-0.2, -0.15) is 0 Å². The molecule has 3 N–H and O–H groups in total. The first-order valence-corrected chi connectivity index (χ1v) is 6.70. The van der Waals surface area contributed by atoms with Gasteiger partial charge in [-0.3, -0.25) is 4.79 Å². The van der Waals surface area contributed by atoms with E-state index in [0.29, 0.717) is 12.5 Å². The van der Waals surface area contributed by atoms with Gasteiger partial charge in [-0.05, 0) is 30.6 Å². The van der Waals surface area contributed by atoms with Crippen molar-refractivity contribution < 1.29 is 14.7 Å². The molecule has 3 atom stereocenters. The SMILES string of the molecule is CC(CNC(=O)NCC1CCC(C)C1)CC(=O)O. The van der Waals surface area contributed by atoms with Crippen molar-refractivity contribution in [1.82, 2.24) is 10.6 Å². The van der Waals surface area contributed by atoms with E-state index in [9.17, 15) is 9.59 Å². The Kier molecular flexibility index (Phi) is 5.95. The average molecular weight is 256 g/mol. The molecule has 5 heteroatoms. The summed E-state index contributed by atoms with van der Waals surface area (Å²) in [6.07, 6.45) is 3.72. The molecule has 0 bridgehead atoms. The van der Waals surface area contributed by atoms with Crippen molar-refractivity contribution in [2.24, 2.45) is 17.8 Å². The van der Waals surface area contributed by atoms with Crippen LogP contribution in [0.25, 0.3) is 0 Å². The molecule has 0 saturated heterocycles. The molecule has 5 nitrogen and oxygen atoms in total. The van der Waals surface area contributed by atoms with Gasteiger partial charge in [0.2, 0.25) is 0 Å². The van der Waals surface area contributed by atoms with Crippen molar-refractivity contribution in [3.8, 4) is 0 Å². The van der Waals surface area contributed by atoms with Gasteiger partial charge in [0, 0.05) is 19.5 Å². The highest BCUT2D eigenvalue weighted by atomic mass is 16.4. The van der Waals surface area contributed by atoms with E-state index in [1.54, 1.807) is 0 Å². The fourth-order valence-corrected chi connectivity index (χ4v) is 2.45. The number of aliphatic carboxylic acids is 1. The summed E-state index contributed by atoms with van der Waals surface area (Å²) >= 11 is 0. The third-order valence-corrected chi connectivity index (χ3v) is 3.49. The van der Waals surface area contributed by atoms with E-state index >= 15 is 0 Å². The maximum atomic E-state index is 11.5. The first-order valence-electron chi connectivity index (χ1n) is 6.70. The van der Waals surface area contributed by atoms with E-state index in [4.69, 9.17) is 5.11 Å². The van der Waals surface area contributed by atoms with Gasteiger partial charge >= 0.3 is 12.0 Å². The van der Waals surface area contributed by atoms with Crippen LogP contribution in [0.1, 0.15) is 39.5 Å². The second-order valence-electron chi connectivity index (χ2n) is 5.58. The summed E-state index contributed by atoms with van der Waals surface area (Å²) in [6, 6.07) is -0.188. The molecule has 0 aromatic rings. The van der Waals surface area contributed by atoms with Crippen molar-refractivity contribution in [1.29, 1.82) is 0 Å². The lowest BCUT2D eigenvalue weighted by Gasteiger charge is -2.14. The van der Waals surface area contributed by atoms with Crippen molar-refractivity contribution in [3.05, 3.63) is 0 Å². The molecule has 0 aromatic carbocycles. The van der Waals surface area contributed by atoms with Crippen LogP contribution in [0.4, 0.5) is 4.79 Å². The van der Waals surface area contributed by atoms with E-state index in [0.717, 1.165) is 12.5 Å². The van der Waals surface area contributed by atoms with E-state index in [2.05, 4.69) is 17.6 Å². The number of hydrogen-bond donors (Lipinski definition) is 3. The average Bonchev–Trinajstić information content (AvgIpc) is 2.69. The van der Waals surface area contributed by atoms with Crippen LogP contribution in [0, 0.1) is 17.8 Å². The lowest BCUT2D eigenvalue weighted by Crippen LogP contribution is -2.40. The minimum absolute atomic E-state index is 0.0419. The molecule has 1 aliphatic rings. The highest BCUT2D eigenvalue weighted by Crippen LogP contribution is 2.29. The maximum Gasteiger partial charge on any atom is 0.314 e. The number of urea groups is 1. The van der Waals surface area contributed by atoms with E-state index in [-0.39, 0.29) is 18.4 Å². The van der Waals surface area contributed by atoms with Crippen LogP contribution in [-0.4, -0.2) is 30.2 Å². The number of carbonyl (C=O) groups is 2. The van der Waals surface area contributed by atoms with Gasteiger partial charge in [0.15, 0.2) is 0 Å². The topological polar surface area (TPSA) is 78.4 Å². The predicted molar refractivity (Wildman–Crippen MR) is 69.3 cm³/mol. The summed E-state index contributed by atoms with van der Waals surface area (Å²) in [4.78, 5) is 22.0. The molecular formula is C13H24N2O3. The molecule has 1 fully saturated rings. The van der Waals surface area contributed by atoms with Gasteiger partial charge in [0.1, 0.15) is 0 Å². The van der Waals surface area contributed by atoms with Crippen LogP contribution in [0.5, 0.6) is 0 Å². The van der Waals surface area contributed by atoms with Gasteiger partial charge in [-0.1, -0.05) is 20.3 Å². The first kappa shape index (κ1) is 14.8. The van der Waals surface area contributed by atoms with Crippen LogP contribution in [0.2, 0.25) is 0 Å².